The molecule has 0 amide bonds. The van der Waals surface area contributed by atoms with Crippen LogP contribution in [0.2, 0.25) is 0 Å². The van der Waals surface area contributed by atoms with Crippen LogP contribution in [0.3, 0.4) is 0 Å². The lowest BCUT2D eigenvalue weighted by molar-refractivity contribution is 0.823. The number of aromatic nitrogens is 2. The van der Waals surface area contributed by atoms with E-state index < -0.39 is 0 Å². The Morgan fingerprint density at radius 3 is 2.71 bits per heavy atom. The lowest BCUT2D eigenvalue weighted by Gasteiger charge is -2.01. The van der Waals surface area contributed by atoms with E-state index >= 15 is 0 Å². The van der Waals surface area contributed by atoms with Gasteiger partial charge >= 0.3 is 0 Å². The van der Waals surface area contributed by atoms with Crippen LogP contribution in [0.4, 0.5) is 0 Å². The molecule has 3 heteroatoms. The van der Waals surface area contributed by atoms with E-state index in [4.69, 9.17) is 5.73 Å². The van der Waals surface area contributed by atoms with Gasteiger partial charge in [0.1, 0.15) is 5.82 Å². The van der Waals surface area contributed by atoms with Crippen LogP contribution in [0.25, 0.3) is 11.4 Å². The predicted octanol–water partition coefficient (Wildman–Crippen LogP) is 2.97. The average Bonchev–Trinajstić information content (AvgIpc) is 2.71. The fourth-order valence-electron chi connectivity index (χ4n) is 2.02. The van der Waals surface area contributed by atoms with Crippen LogP contribution in [0, 0.1) is 6.92 Å². The Kier molecular flexibility index (Phi) is 3.29. The zero-order valence-corrected chi connectivity index (χ0v) is 10.6. The molecular weight excluding hydrogens is 210 g/mol. The van der Waals surface area contributed by atoms with Crippen LogP contribution < -0.4 is 5.73 Å². The highest BCUT2D eigenvalue weighted by molar-refractivity contribution is 5.57. The molecule has 1 heterocycles. The molecule has 0 bridgehead atoms. The van der Waals surface area contributed by atoms with Crippen LogP contribution in [0.1, 0.15) is 36.7 Å². The summed E-state index contributed by atoms with van der Waals surface area (Å²) in [7, 11) is 0. The number of hydrogen-bond acceptors (Lipinski definition) is 2. The number of nitrogens with two attached hydrogens (primary N) is 1. The molecule has 3 nitrogen and oxygen atoms in total. The van der Waals surface area contributed by atoms with Gasteiger partial charge in [-0.25, -0.2) is 4.98 Å². The maximum Gasteiger partial charge on any atom is 0.137 e. The van der Waals surface area contributed by atoms with Gasteiger partial charge in [-0.1, -0.05) is 32.0 Å². The third-order valence-corrected chi connectivity index (χ3v) is 2.91. The topological polar surface area (TPSA) is 54.7 Å². The van der Waals surface area contributed by atoms with Crippen molar-refractivity contribution in [3.63, 3.8) is 0 Å². The SMILES string of the molecule is Cc1[nH]c(-c2cccc(CN)c2)nc1C(C)C. The molecule has 0 saturated carbocycles. The summed E-state index contributed by atoms with van der Waals surface area (Å²) in [5.74, 6) is 1.37. The summed E-state index contributed by atoms with van der Waals surface area (Å²) >= 11 is 0. The average molecular weight is 229 g/mol. The zero-order valence-electron chi connectivity index (χ0n) is 10.6. The van der Waals surface area contributed by atoms with E-state index in [1.807, 2.05) is 12.1 Å². The molecule has 17 heavy (non-hydrogen) atoms. The molecule has 1 aromatic carbocycles. The second-order valence-electron chi connectivity index (χ2n) is 4.65. The Labute approximate surface area is 102 Å². The number of benzene rings is 1. The molecule has 0 fully saturated rings. The van der Waals surface area contributed by atoms with Crippen LogP contribution in [-0.2, 0) is 6.54 Å². The van der Waals surface area contributed by atoms with Crippen molar-refractivity contribution >= 4 is 0 Å². The highest BCUT2D eigenvalue weighted by Crippen LogP contribution is 2.23. The number of imidazole rings is 1. The van der Waals surface area contributed by atoms with E-state index in [-0.39, 0.29) is 0 Å². The molecule has 0 aliphatic carbocycles. The van der Waals surface area contributed by atoms with Gasteiger partial charge in [0.2, 0.25) is 0 Å². The van der Waals surface area contributed by atoms with Crippen molar-refractivity contribution in [2.24, 2.45) is 5.73 Å². The molecule has 0 aliphatic heterocycles. The second-order valence-corrected chi connectivity index (χ2v) is 4.65. The van der Waals surface area contributed by atoms with Gasteiger partial charge in [0.15, 0.2) is 0 Å². The van der Waals surface area contributed by atoms with Crippen LogP contribution in [0.15, 0.2) is 24.3 Å². The minimum Gasteiger partial charge on any atom is -0.342 e. The van der Waals surface area contributed by atoms with Crippen molar-refractivity contribution in [3.05, 3.63) is 41.2 Å². The first-order chi connectivity index (χ1) is 8.11. The third kappa shape index (κ3) is 2.39. The van der Waals surface area contributed by atoms with Crippen molar-refractivity contribution < 1.29 is 0 Å². The summed E-state index contributed by atoms with van der Waals surface area (Å²) < 4.78 is 0. The van der Waals surface area contributed by atoms with Crippen LogP contribution in [0.5, 0.6) is 0 Å². The first-order valence-corrected chi connectivity index (χ1v) is 5.97. The lowest BCUT2D eigenvalue weighted by atomic mass is 10.1. The Morgan fingerprint density at radius 2 is 2.12 bits per heavy atom. The minimum atomic E-state index is 0.442. The van der Waals surface area contributed by atoms with Crippen molar-refractivity contribution in [1.29, 1.82) is 0 Å². The third-order valence-electron chi connectivity index (χ3n) is 2.91. The minimum absolute atomic E-state index is 0.442. The van der Waals surface area contributed by atoms with Crippen molar-refractivity contribution in [2.45, 2.75) is 33.2 Å². The molecule has 3 N–H and O–H groups in total. The highest BCUT2D eigenvalue weighted by Gasteiger charge is 2.11. The number of H-pyrrole nitrogens is 1. The summed E-state index contributed by atoms with van der Waals surface area (Å²) in [4.78, 5) is 8.00. The van der Waals surface area contributed by atoms with E-state index in [9.17, 15) is 0 Å². The number of nitrogens with one attached hydrogen (secondary N) is 1. The Bertz CT molecular complexity index is 512. The molecule has 0 radical (unpaired) electrons. The second kappa shape index (κ2) is 4.72. The van der Waals surface area contributed by atoms with Gasteiger partial charge in [0.25, 0.3) is 0 Å². The standard InChI is InChI=1S/C14H19N3/c1-9(2)13-10(3)16-14(17-13)12-6-4-5-11(7-12)8-15/h4-7,9H,8,15H2,1-3H3,(H,16,17). The summed E-state index contributed by atoms with van der Waals surface area (Å²) in [6.45, 7) is 6.94. The summed E-state index contributed by atoms with van der Waals surface area (Å²) in [6.07, 6.45) is 0. The van der Waals surface area contributed by atoms with Crippen LogP contribution >= 0.6 is 0 Å². The van der Waals surface area contributed by atoms with Gasteiger partial charge in [-0.05, 0) is 24.5 Å². The Morgan fingerprint density at radius 1 is 1.35 bits per heavy atom. The van der Waals surface area contributed by atoms with Gasteiger partial charge < -0.3 is 10.7 Å². The van der Waals surface area contributed by atoms with Gasteiger partial charge in [0.05, 0.1) is 5.69 Å². The monoisotopic (exact) mass is 229 g/mol. The molecule has 0 aliphatic rings. The Balaban J connectivity index is 2.42. The molecule has 2 rings (SSSR count). The van der Waals surface area contributed by atoms with Gasteiger partial charge in [-0.15, -0.1) is 0 Å². The largest absolute Gasteiger partial charge is 0.342 e. The lowest BCUT2D eigenvalue weighted by Crippen LogP contribution is -1.96. The number of aromatic amines is 1. The molecule has 0 atom stereocenters. The Hall–Kier alpha value is -1.61. The first kappa shape index (κ1) is 11.9. The van der Waals surface area contributed by atoms with Crippen LogP contribution in [-0.4, -0.2) is 9.97 Å². The zero-order chi connectivity index (χ0) is 12.4. The van der Waals surface area contributed by atoms with Crippen molar-refractivity contribution in [3.8, 4) is 11.4 Å². The van der Waals surface area contributed by atoms with E-state index in [0.717, 1.165) is 28.3 Å². The number of rotatable bonds is 3. The van der Waals surface area contributed by atoms with Crippen molar-refractivity contribution in [1.82, 2.24) is 9.97 Å². The molecule has 0 unspecified atom stereocenters. The predicted molar refractivity (Wildman–Crippen MR) is 70.7 cm³/mol. The number of nitrogens with zero attached hydrogens (tertiary/aromatic N) is 1. The summed E-state index contributed by atoms with van der Waals surface area (Å²) in [5, 5.41) is 0. The van der Waals surface area contributed by atoms with E-state index in [1.165, 1.54) is 0 Å². The normalized spacial score (nSPS) is 11.1. The van der Waals surface area contributed by atoms with E-state index in [2.05, 4.69) is 42.9 Å². The molecule has 1 aromatic heterocycles. The highest BCUT2D eigenvalue weighted by atomic mass is 14.9. The van der Waals surface area contributed by atoms with Gasteiger partial charge in [0, 0.05) is 17.8 Å². The summed E-state index contributed by atoms with van der Waals surface area (Å²) in [6, 6.07) is 8.19. The molecule has 0 saturated heterocycles. The fraction of sp³-hybridized carbons (Fsp3) is 0.357. The molecular formula is C14H19N3. The molecule has 90 valence electrons. The summed E-state index contributed by atoms with van der Waals surface area (Å²) in [5.41, 5.74) is 10.2. The van der Waals surface area contributed by atoms with E-state index in [0.29, 0.717) is 12.5 Å². The maximum atomic E-state index is 5.65. The molecule has 2 aromatic rings. The molecule has 0 spiro atoms. The fourth-order valence-corrected chi connectivity index (χ4v) is 2.02. The quantitative estimate of drug-likeness (QED) is 0.850. The maximum absolute atomic E-state index is 5.65. The van der Waals surface area contributed by atoms with E-state index in [1.54, 1.807) is 0 Å². The van der Waals surface area contributed by atoms with Gasteiger partial charge in [-0.2, -0.15) is 0 Å². The number of hydrogen-bond donors (Lipinski definition) is 2. The smallest absolute Gasteiger partial charge is 0.137 e. The van der Waals surface area contributed by atoms with Crippen molar-refractivity contribution in [2.75, 3.05) is 0 Å². The first-order valence-electron chi connectivity index (χ1n) is 5.97. The number of aryl methyl sites for hydroxylation is 1. The van der Waals surface area contributed by atoms with Gasteiger partial charge in [-0.3, -0.25) is 0 Å².